The van der Waals surface area contributed by atoms with Gasteiger partial charge in [-0.3, -0.25) is 0 Å². The van der Waals surface area contributed by atoms with Gasteiger partial charge in [-0.25, -0.2) is 9.97 Å². The molecule has 0 aliphatic carbocycles. The van der Waals surface area contributed by atoms with Gasteiger partial charge in [0.05, 0.1) is 61.7 Å². The third kappa shape index (κ3) is 7.55. The fraction of sp³-hybridized carbons (Fsp3) is 0.394. The number of nitrogens with two attached hydrogens (primary N) is 1. The number of aromatic nitrogens is 4. The normalized spacial score (nSPS) is 14.2. The van der Waals surface area contributed by atoms with Crippen LogP contribution in [0.5, 0.6) is 5.75 Å². The Morgan fingerprint density at radius 3 is 1.91 bits per heavy atom. The van der Waals surface area contributed by atoms with Gasteiger partial charge in [0.2, 0.25) is 0 Å². The monoisotopic (exact) mass is 599 g/mol. The highest BCUT2D eigenvalue weighted by Gasteiger charge is 2.16. The van der Waals surface area contributed by atoms with Crippen LogP contribution in [0.4, 0.5) is 5.69 Å². The summed E-state index contributed by atoms with van der Waals surface area (Å²) >= 11 is 0. The number of hydrogen-bond acceptors (Lipinski definition) is 9. The predicted octanol–water partition coefficient (Wildman–Crippen LogP) is 3.91. The molecule has 0 atom stereocenters. The van der Waals surface area contributed by atoms with E-state index in [1.165, 1.54) is 5.69 Å². The molecule has 3 heterocycles. The van der Waals surface area contributed by atoms with Crippen molar-refractivity contribution < 1.29 is 18.9 Å². The summed E-state index contributed by atoms with van der Waals surface area (Å²) in [6, 6.07) is 20.6. The van der Waals surface area contributed by atoms with Gasteiger partial charge < -0.3 is 44.4 Å². The van der Waals surface area contributed by atoms with Crippen molar-refractivity contribution in [2.45, 2.75) is 0 Å². The summed E-state index contributed by atoms with van der Waals surface area (Å²) in [5.74, 6) is 2.44. The average molecular weight is 600 g/mol. The van der Waals surface area contributed by atoms with Crippen LogP contribution in [0.3, 0.4) is 0 Å². The maximum absolute atomic E-state index is 5.82. The molecule has 232 valence electrons. The van der Waals surface area contributed by atoms with Crippen LogP contribution in [0.2, 0.25) is 0 Å². The van der Waals surface area contributed by atoms with Gasteiger partial charge >= 0.3 is 0 Å². The van der Waals surface area contributed by atoms with Crippen molar-refractivity contribution in [1.82, 2.24) is 24.8 Å². The molecule has 0 amide bonds. The minimum absolute atomic E-state index is 0.464. The Balaban J connectivity index is 1.02. The van der Waals surface area contributed by atoms with Crippen molar-refractivity contribution in [3.05, 3.63) is 60.7 Å². The molecule has 4 N–H and O–H groups in total. The van der Waals surface area contributed by atoms with Crippen molar-refractivity contribution in [3.63, 3.8) is 0 Å². The summed E-state index contributed by atoms with van der Waals surface area (Å²) in [5, 5.41) is 0. The number of fused-ring (bicyclic) bond motifs is 2. The molecule has 5 aromatic rings. The first-order valence-corrected chi connectivity index (χ1v) is 15.3. The molecule has 0 saturated carbocycles. The Labute approximate surface area is 257 Å². The Morgan fingerprint density at radius 2 is 1.23 bits per heavy atom. The van der Waals surface area contributed by atoms with Gasteiger partial charge in [-0.1, -0.05) is 0 Å². The van der Waals surface area contributed by atoms with E-state index in [1.807, 2.05) is 30.3 Å². The molecule has 0 unspecified atom stereocenters. The molecule has 11 heteroatoms. The fourth-order valence-electron chi connectivity index (χ4n) is 5.24. The molecular formula is C33H41N7O4. The van der Waals surface area contributed by atoms with Crippen molar-refractivity contribution >= 4 is 27.8 Å². The van der Waals surface area contributed by atoms with Gasteiger partial charge in [-0.2, -0.15) is 0 Å². The topological polar surface area (TPSA) is 127 Å². The summed E-state index contributed by atoms with van der Waals surface area (Å²) in [4.78, 5) is 21.5. The first-order valence-electron chi connectivity index (χ1n) is 15.3. The van der Waals surface area contributed by atoms with Gasteiger partial charge in [0.15, 0.2) is 0 Å². The number of rotatable bonds is 15. The van der Waals surface area contributed by atoms with E-state index in [4.69, 9.17) is 34.6 Å². The number of nitrogens with zero attached hydrogens (tertiary/aromatic N) is 4. The lowest BCUT2D eigenvalue weighted by Gasteiger charge is -2.34. The second kappa shape index (κ2) is 14.7. The summed E-state index contributed by atoms with van der Waals surface area (Å²) in [5.41, 5.74) is 12.5. The molecule has 3 aromatic carbocycles. The summed E-state index contributed by atoms with van der Waals surface area (Å²) in [7, 11) is 2.18. The van der Waals surface area contributed by atoms with E-state index in [0.717, 1.165) is 76.8 Å². The third-order valence-corrected chi connectivity index (χ3v) is 7.72. The predicted molar refractivity (Wildman–Crippen MR) is 173 cm³/mol. The molecule has 2 aromatic heterocycles. The van der Waals surface area contributed by atoms with Gasteiger partial charge in [0.25, 0.3) is 0 Å². The van der Waals surface area contributed by atoms with Gasteiger partial charge in [-0.05, 0) is 67.7 Å². The van der Waals surface area contributed by atoms with Crippen molar-refractivity contribution in [2.75, 3.05) is 90.9 Å². The highest BCUT2D eigenvalue weighted by atomic mass is 16.6. The lowest BCUT2D eigenvalue weighted by atomic mass is 10.2. The molecule has 11 nitrogen and oxygen atoms in total. The molecular weight excluding hydrogens is 558 g/mol. The fourth-order valence-corrected chi connectivity index (χ4v) is 5.24. The zero-order chi connectivity index (χ0) is 30.1. The molecule has 6 rings (SSSR count). The number of hydrogen-bond donors (Lipinski definition) is 3. The van der Waals surface area contributed by atoms with Crippen LogP contribution in [0.25, 0.3) is 44.8 Å². The third-order valence-electron chi connectivity index (χ3n) is 7.72. The minimum Gasteiger partial charge on any atom is -0.491 e. The molecule has 0 radical (unpaired) electrons. The number of anilines is 1. The van der Waals surface area contributed by atoms with Crippen LogP contribution in [0.1, 0.15) is 0 Å². The van der Waals surface area contributed by atoms with E-state index in [0.29, 0.717) is 52.8 Å². The first kappa shape index (κ1) is 30.0. The van der Waals surface area contributed by atoms with Crippen LogP contribution in [-0.4, -0.2) is 111 Å². The lowest BCUT2D eigenvalue weighted by molar-refractivity contribution is 0.0106. The summed E-state index contributed by atoms with van der Waals surface area (Å²) in [6.07, 6.45) is 0. The van der Waals surface area contributed by atoms with Crippen LogP contribution in [0, 0.1) is 0 Å². The quantitative estimate of drug-likeness (QED) is 0.154. The number of likely N-dealkylation sites (N-methyl/N-ethyl adjacent to an activating group) is 1. The van der Waals surface area contributed by atoms with Gasteiger partial charge in [0.1, 0.15) is 24.0 Å². The number of imidazole rings is 2. The average Bonchev–Trinajstić information content (AvgIpc) is 3.68. The highest BCUT2D eigenvalue weighted by molar-refractivity contribution is 5.87. The first-order chi connectivity index (χ1) is 21.7. The standard InChI is InChI=1S/C33H41N7O4/c1-39-11-13-40(14-12-39)26-5-9-29-31(23-26)38-33(36-29)25-4-8-28-30(22-25)37-32(35-28)24-2-6-27(7-3-24)44-21-20-43-19-18-42-17-16-41-15-10-34/h2-9,22-23H,10-21,34H2,1H3,(H,35,37)(H,36,38). The van der Waals surface area contributed by atoms with E-state index < -0.39 is 0 Å². The van der Waals surface area contributed by atoms with Crippen molar-refractivity contribution in [1.29, 1.82) is 0 Å². The summed E-state index contributed by atoms with van der Waals surface area (Å²) < 4.78 is 22.1. The maximum atomic E-state index is 5.82. The van der Waals surface area contributed by atoms with E-state index in [-0.39, 0.29) is 0 Å². The highest BCUT2D eigenvalue weighted by Crippen LogP contribution is 2.28. The number of ether oxygens (including phenoxy) is 4. The van der Waals surface area contributed by atoms with E-state index in [1.54, 1.807) is 0 Å². The van der Waals surface area contributed by atoms with Crippen LogP contribution < -0.4 is 15.4 Å². The minimum atomic E-state index is 0.464. The second-order valence-corrected chi connectivity index (χ2v) is 10.9. The molecule has 1 saturated heterocycles. The SMILES string of the molecule is CN1CCN(c2ccc3nc(-c4ccc5nc(-c6ccc(OCCOCCOCCOCCN)cc6)[nH]c5c4)[nH]c3c2)CC1. The molecule has 1 aliphatic rings. The molecule has 0 spiro atoms. The van der Waals surface area contributed by atoms with Crippen LogP contribution >= 0.6 is 0 Å². The summed E-state index contributed by atoms with van der Waals surface area (Å²) in [6.45, 7) is 8.40. The number of aromatic amines is 2. The van der Waals surface area contributed by atoms with Crippen molar-refractivity contribution in [2.24, 2.45) is 5.73 Å². The maximum Gasteiger partial charge on any atom is 0.138 e. The molecule has 1 aliphatic heterocycles. The second-order valence-electron chi connectivity index (χ2n) is 10.9. The van der Waals surface area contributed by atoms with Crippen molar-refractivity contribution in [3.8, 4) is 28.5 Å². The molecule has 1 fully saturated rings. The Morgan fingerprint density at radius 1 is 0.659 bits per heavy atom. The number of benzene rings is 3. The lowest BCUT2D eigenvalue weighted by Crippen LogP contribution is -2.44. The molecule has 0 bridgehead atoms. The number of piperazine rings is 1. The largest absolute Gasteiger partial charge is 0.491 e. The molecule has 44 heavy (non-hydrogen) atoms. The Hall–Kier alpha value is -4.00. The smallest absolute Gasteiger partial charge is 0.138 e. The van der Waals surface area contributed by atoms with E-state index in [9.17, 15) is 0 Å². The Bertz CT molecular complexity index is 1630. The number of H-pyrrole nitrogens is 2. The van der Waals surface area contributed by atoms with Gasteiger partial charge in [-0.15, -0.1) is 0 Å². The zero-order valence-corrected chi connectivity index (χ0v) is 25.3. The Kier molecular flexibility index (Phi) is 10.0. The van der Waals surface area contributed by atoms with E-state index >= 15 is 0 Å². The van der Waals surface area contributed by atoms with E-state index in [2.05, 4.69) is 57.1 Å². The van der Waals surface area contributed by atoms with Crippen LogP contribution in [-0.2, 0) is 14.2 Å². The zero-order valence-electron chi connectivity index (χ0n) is 25.3. The number of nitrogens with one attached hydrogen (secondary N) is 2. The van der Waals surface area contributed by atoms with Gasteiger partial charge in [0, 0.05) is 49.5 Å². The van der Waals surface area contributed by atoms with Crippen LogP contribution in [0.15, 0.2) is 60.7 Å².